The molecule has 0 saturated heterocycles. The largest absolute Gasteiger partial charge is 0.508 e. The number of phenolic OH excluding ortho intramolecular Hbond substituents is 1. The van der Waals surface area contributed by atoms with Crippen LogP contribution in [0.2, 0.25) is 0 Å². The molecule has 0 spiro atoms. The lowest BCUT2D eigenvalue weighted by atomic mass is 9.70. The molecule has 1 aliphatic carbocycles. The Kier molecular flexibility index (Phi) is 3.41. The Labute approximate surface area is 134 Å². The molecule has 0 radical (unpaired) electrons. The first-order valence-corrected chi connectivity index (χ1v) is 7.45. The Morgan fingerprint density at radius 2 is 1.96 bits per heavy atom. The number of allylic oxidation sites excluding steroid dienone is 3. The van der Waals surface area contributed by atoms with Crippen molar-refractivity contribution in [2.45, 2.75) is 32.6 Å². The third-order valence-corrected chi connectivity index (χ3v) is 4.30. The van der Waals surface area contributed by atoms with Crippen molar-refractivity contribution in [3.63, 3.8) is 0 Å². The first kappa shape index (κ1) is 15.2. The summed E-state index contributed by atoms with van der Waals surface area (Å²) in [6.45, 7) is 4.01. The normalized spacial score (nSPS) is 23.2. The number of benzene rings is 1. The van der Waals surface area contributed by atoms with E-state index >= 15 is 0 Å². The van der Waals surface area contributed by atoms with Crippen molar-refractivity contribution in [3.8, 4) is 11.8 Å². The van der Waals surface area contributed by atoms with Gasteiger partial charge in [0.05, 0.1) is 5.92 Å². The molecule has 0 bridgehead atoms. The summed E-state index contributed by atoms with van der Waals surface area (Å²) in [6.07, 6.45) is 1.00. The van der Waals surface area contributed by atoms with Gasteiger partial charge in [0.2, 0.25) is 5.88 Å². The maximum atomic E-state index is 12.7. The molecule has 0 aromatic heterocycles. The third kappa shape index (κ3) is 2.57. The zero-order valence-corrected chi connectivity index (χ0v) is 13.1. The Morgan fingerprint density at radius 3 is 2.57 bits per heavy atom. The molecule has 1 aromatic carbocycles. The number of ketones is 1. The zero-order valence-electron chi connectivity index (χ0n) is 13.1. The standard InChI is InChI=1S/C18H18N2O3/c1-18(2)7-13(22)16-14(8-18)23-17(20)12(9-19)15(16)10-3-5-11(21)6-4-10/h3-6,15,21H,7-8,20H2,1-2H3. The second kappa shape index (κ2) is 5.17. The van der Waals surface area contributed by atoms with Crippen molar-refractivity contribution in [2.75, 3.05) is 0 Å². The van der Waals surface area contributed by atoms with Gasteiger partial charge < -0.3 is 15.6 Å². The van der Waals surface area contributed by atoms with Gasteiger partial charge in [-0.3, -0.25) is 4.79 Å². The first-order valence-electron chi connectivity index (χ1n) is 7.45. The third-order valence-electron chi connectivity index (χ3n) is 4.30. The quantitative estimate of drug-likeness (QED) is 0.831. The maximum Gasteiger partial charge on any atom is 0.205 e. The minimum absolute atomic E-state index is 0.0189. The van der Waals surface area contributed by atoms with Gasteiger partial charge in [-0.05, 0) is 23.1 Å². The average molecular weight is 310 g/mol. The number of nitrogens with two attached hydrogens (primary N) is 1. The number of carbonyl (C=O) groups is 1. The molecule has 3 N–H and O–H groups in total. The highest BCUT2D eigenvalue weighted by Gasteiger charge is 2.42. The predicted octanol–water partition coefficient (Wildman–Crippen LogP) is 2.84. The number of phenols is 1. The highest BCUT2D eigenvalue weighted by atomic mass is 16.5. The number of rotatable bonds is 1. The fourth-order valence-electron chi connectivity index (χ4n) is 3.28. The van der Waals surface area contributed by atoms with Crippen LogP contribution >= 0.6 is 0 Å². The molecule has 3 rings (SSSR count). The molecule has 5 heteroatoms. The maximum absolute atomic E-state index is 12.7. The summed E-state index contributed by atoms with van der Waals surface area (Å²) in [7, 11) is 0. The molecule has 1 aliphatic heterocycles. The summed E-state index contributed by atoms with van der Waals surface area (Å²) in [5, 5.41) is 19.0. The molecule has 23 heavy (non-hydrogen) atoms. The number of hydrogen-bond donors (Lipinski definition) is 2. The van der Waals surface area contributed by atoms with Crippen LogP contribution in [0.3, 0.4) is 0 Å². The van der Waals surface area contributed by atoms with E-state index in [0.717, 1.165) is 5.56 Å². The van der Waals surface area contributed by atoms with E-state index in [9.17, 15) is 15.2 Å². The van der Waals surface area contributed by atoms with E-state index in [2.05, 4.69) is 6.07 Å². The minimum Gasteiger partial charge on any atom is -0.508 e. The number of Topliss-reactive ketones (excluding diaryl/α,β-unsaturated/α-hetero) is 1. The molecule has 1 heterocycles. The summed E-state index contributed by atoms with van der Waals surface area (Å²) in [4.78, 5) is 12.7. The second-order valence-electron chi connectivity index (χ2n) is 6.79. The van der Waals surface area contributed by atoms with Crippen LogP contribution in [0.25, 0.3) is 0 Å². The SMILES string of the molecule is CC1(C)CC(=O)C2=C(C1)OC(N)=C(C#N)C2c1ccc(O)cc1. The van der Waals surface area contributed by atoms with Crippen LogP contribution in [0.5, 0.6) is 5.75 Å². The number of nitrogens with zero attached hydrogens (tertiary/aromatic N) is 1. The Hall–Kier alpha value is -2.74. The Balaban J connectivity index is 2.17. The number of nitriles is 1. The smallest absolute Gasteiger partial charge is 0.205 e. The van der Waals surface area contributed by atoms with Crippen LogP contribution in [-0.2, 0) is 9.53 Å². The van der Waals surface area contributed by atoms with E-state index < -0.39 is 5.92 Å². The molecule has 5 nitrogen and oxygen atoms in total. The van der Waals surface area contributed by atoms with Gasteiger partial charge in [-0.1, -0.05) is 26.0 Å². The molecule has 2 aliphatic rings. The highest BCUT2D eigenvalue weighted by Crippen LogP contribution is 2.47. The zero-order chi connectivity index (χ0) is 16.8. The Bertz CT molecular complexity index is 779. The lowest BCUT2D eigenvalue weighted by molar-refractivity contribution is -0.119. The van der Waals surface area contributed by atoms with E-state index in [1.54, 1.807) is 12.1 Å². The monoisotopic (exact) mass is 310 g/mol. The molecule has 118 valence electrons. The average Bonchev–Trinajstić information content (AvgIpc) is 2.45. The second-order valence-corrected chi connectivity index (χ2v) is 6.79. The summed E-state index contributed by atoms with van der Waals surface area (Å²) >= 11 is 0. The van der Waals surface area contributed by atoms with Gasteiger partial charge in [-0.25, -0.2) is 0 Å². The van der Waals surface area contributed by atoms with Crippen LogP contribution in [0.15, 0.2) is 47.1 Å². The fraction of sp³-hybridized carbons (Fsp3) is 0.333. The van der Waals surface area contributed by atoms with Crippen molar-refractivity contribution >= 4 is 5.78 Å². The van der Waals surface area contributed by atoms with Crippen molar-refractivity contribution in [3.05, 3.63) is 52.6 Å². The minimum atomic E-state index is -0.534. The molecule has 1 unspecified atom stereocenters. The van der Waals surface area contributed by atoms with E-state index in [4.69, 9.17) is 10.5 Å². The molecule has 0 fully saturated rings. The van der Waals surface area contributed by atoms with Gasteiger partial charge in [0.1, 0.15) is 23.2 Å². The summed E-state index contributed by atoms with van der Waals surface area (Å²) in [6, 6.07) is 8.55. The van der Waals surface area contributed by atoms with Gasteiger partial charge in [0.15, 0.2) is 5.78 Å². The van der Waals surface area contributed by atoms with Gasteiger partial charge >= 0.3 is 0 Å². The molecule has 0 amide bonds. The number of carbonyl (C=O) groups excluding carboxylic acids is 1. The van der Waals surface area contributed by atoms with E-state index in [-0.39, 0.29) is 28.4 Å². The van der Waals surface area contributed by atoms with E-state index in [0.29, 0.717) is 24.2 Å². The lowest BCUT2D eigenvalue weighted by Crippen LogP contribution is -2.33. The van der Waals surface area contributed by atoms with Crippen LogP contribution in [0.4, 0.5) is 0 Å². The van der Waals surface area contributed by atoms with Gasteiger partial charge in [-0.15, -0.1) is 0 Å². The van der Waals surface area contributed by atoms with Crippen LogP contribution < -0.4 is 5.73 Å². The lowest BCUT2D eigenvalue weighted by Gasteiger charge is -2.37. The molecule has 1 atom stereocenters. The van der Waals surface area contributed by atoms with Gasteiger partial charge in [-0.2, -0.15) is 5.26 Å². The van der Waals surface area contributed by atoms with Crippen molar-refractivity contribution < 1.29 is 14.6 Å². The topological polar surface area (TPSA) is 96.3 Å². The molecule has 0 saturated carbocycles. The first-order chi connectivity index (χ1) is 10.8. The van der Waals surface area contributed by atoms with Crippen LogP contribution in [-0.4, -0.2) is 10.9 Å². The summed E-state index contributed by atoms with van der Waals surface area (Å²) in [5.41, 5.74) is 7.23. The summed E-state index contributed by atoms with van der Waals surface area (Å²) in [5.74, 6) is 0.180. The van der Waals surface area contributed by atoms with E-state index in [1.807, 2.05) is 13.8 Å². The van der Waals surface area contributed by atoms with Crippen LogP contribution in [0, 0.1) is 16.7 Å². The van der Waals surface area contributed by atoms with Gasteiger partial charge in [0, 0.05) is 18.4 Å². The summed E-state index contributed by atoms with van der Waals surface area (Å²) < 4.78 is 5.62. The molecular formula is C18H18N2O3. The fourth-order valence-corrected chi connectivity index (χ4v) is 3.28. The number of hydrogen-bond acceptors (Lipinski definition) is 5. The van der Waals surface area contributed by atoms with E-state index in [1.165, 1.54) is 12.1 Å². The van der Waals surface area contributed by atoms with Gasteiger partial charge in [0.25, 0.3) is 0 Å². The number of aromatic hydroxyl groups is 1. The Morgan fingerprint density at radius 1 is 1.30 bits per heavy atom. The number of ether oxygens (including phenoxy) is 1. The molecule has 1 aromatic rings. The van der Waals surface area contributed by atoms with Crippen molar-refractivity contribution in [2.24, 2.45) is 11.1 Å². The van der Waals surface area contributed by atoms with Crippen molar-refractivity contribution in [1.82, 2.24) is 0 Å². The molecular weight excluding hydrogens is 292 g/mol. The van der Waals surface area contributed by atoms with Crippen molar-refractivity contribution in [1.29, 1.82) is 5.26 Å². The highest BCUT2D eigenvalue weighted by molar-refractivity contribution is 6.00. The predicted molar refractivity (Wildman–Crippen MR) is 83.8 cm³/mol. The van der Waals surface area contributed by atoms with Crippen LogP contribution in [0.1, 0.15) is 38.2 Å².